The number of carbonyl (C=O) groups excluding carboxylic acids is 2. The molecule has 0 fully saturated rings. The Bertz CT molecular complexity index is 400. The Balaban J connectivity index is 3.16. The van der Waals surface area contributed by atoms with E-state index in [-0.39, 0.29) is 11.3 Å². The maximum absolute atomic E-state index is 11.0. The van der Waals surface area contributed by atoms with Crippen molar-refractivity contribution in [2.24, 2.45) is 0 Å². The number of hydrogen-bond acceptors (Lipinski definition) is 4. The molecule has 5 heteroatoms. The molecule has 0 N–H and O–H groups in total. The summed E-state index contributed by atoms with van der Waals surface area (Å²) in [4.78, 5) is 21.8. The van der Waals surface area contributed by atoms with Gasteiger partial charge in [0.1, 0.15) is 11.5 Å². The fourth-order valence-electron chi connectivity index (χ4n) is 1.03. The van der Waals surface area contributed by atoms with Crippen LogP contribution in [0.15, 0.2) is 18.2 Å². The highest BCUT2D eigenvalue weighted by atomic mass is 35.5. The SMILES string of the molecule is COc1ccc(C(=O)Cl)c(OC(C)=O)c1. The topological polar surface area (TPSA) is 52.6 Å². The van der Waals surface area contributed by atoms with Crippen LogP contribution in [0.4, 0.5) is 0 Å². The molecular formula is C10H9ClO4. The van der Waals surface area contributed by atoms with Crippen LogP contribution in [0, 0.1) is 0 Å². The average molecular weight is 229 g/mol. The number of ether oxygens (including phenoxy) is 2. The molecule has 1 aromatic rings. The number of methoxy groups -OCH3 is 1. The van der Waals surface area contributed by atoms with Gasteiger partial charge in [-0.15, -0.1) is 0 Å². The van der Waals surface area contributed by atoms with Crippen LogP contribution in [0.2, 0.25) is 0 Å². The van der Waals surface area contributed by atoms with Crippen LogP contribution in [0.3, 0.4) is 0 Å². The Morgan fingerprint density at radius 2 is 2.00 bits per heavy atom. The minimum Gasteiger partial charge on any atom is -0.497 e. The van der Waals surface area contributed by atoms with Gasteiger partial charge in [0.25, 0.3) is 5.24 Å². The number of benzene rings is 1. The predicted octanol–water partition coefficient (Wildman–Crippen LogP) is 2.00. The average Bonchev–Trinajstić information content (AvgIpc) is 2.16. The summed E-state index contributed by atoms with van der Waals surface area (Å²) in [7, 11) is 1.47. The molecule has 0 aromatic heterocycles. The Morgan fingerprint density at radius 1 is 1.33 bits per heavy atom. The van der Waals surface area contributed by atoms with Gasteiger partial charge < -0.3 is 9.47 Å². The molecule has 0 spiro atoms. The fourth-order valence-corrected chi connectivity index (χ4v) is 1.19. The van der Waals surface area contributed by atoms with Gasteiger partial charge in [-0.2, -0.15) is 0 Å². The zero-order valence-electron chi connectivity index (χ0n) is 8.24. The van der Waals surface area contributed by atoms with E-state index in [2.05, 4.69) is 0 Å². The van der Waals surface area contributed by atoms with Crippen molar-refractivity contribution in [3.63, 3.8) is 0 Å². The van der Waals surface area contributed by atoms with E-state index >= 15 is 0 Å². The highest BCUT2D eigenvalue weighted by Gasteiger charge is 2.13. The normalized spacial score (nSPS) is 9.53. The first-order valence-corrected chi connectivity index (χ1v) is 4.48. The minimum absolute atomic E-state index is 0.0989. The van der Waals surface area contributed by atoms with Crippen LogP contribution in [0.1, 0.15) is 17.3 Å². The summed E-state index contributed by atoms with van der Waals surface area (Å²) in [6, 6.07) is 4.42. The fraction of sp³-hybridized carbons (Fsp3) is 0.200. The molecule has 0 atom stereocenters. The van der Waals surface area contributed by atoms with Gasteiger partial charge in [0, 0.05) is 13.0 Å². The molecule has 4 nitrogen and oxygen atoms in total. The van der Waals surface area contributed by atoms with Gasteiger partial charge in [-0.1, -0.05) is 0 Å². The third-order valence-corrected chi connectivity index (χ3v) is 1.86. The third kappa shape index (κ3) is 2.95. The van der Waals surface area contributed by atoms with Crippen molar-refractivity contribution in [1.29, 1.82) is 0 Å². The van der Waals surface area contributed by atoms with Crippen LogP contribution in [0.25, 0.3) is 0 Å². The molecule has 1 aromatic carbocycles. The Kier molecular flexibility index (Phi) is 3.68. The van der Waals surface area contributed by atoms with E-state index in [1.165, 1.54) is 26.2 Å². The zero-order chi connectivity index (χ0) is 11.4. The Labute approximate surface area is 91.7 Å². The van der Waals surface area contributed by atoms with Crippen molar-refractivity contribution in [2.45, 2.75) is 6.92 Å². The molecule has 0 heterocycles. The summed E-state index contributed by atoms with van der Waals surface area (Å²) in [5, 5.41) is -0.686. The molecule has 80 valence electrons. The second kappa shape index (κ2) is 4.79. The van der Waals surface area contributed by atoms with E-state index in [1.807, 2.05) is 0 Å². The molecule has 0 unspecified atom stereocenters. The van der Waals surface area contributed by atoms with Gasteiger partial charge in [0.05, 0.1) is 12.7 Å². The van der Waals surface area contributed by atoms with Crippen molar-refractivity contribution < 1.29 is 19.1 Å². The van der Waals surface area contributed by atoms with Gasteiger partial charge in [-0.25, -0.2) is 0 Å². The molecule has 0 bridgehead atoms. The molecule has 0 amide bonds. The van der Waals surface area contributed by atoms with Gasteiger partial charge >= 0.3 is 5.97 Å². The molecule has 0 aliphatic carbocycles. The lowest BCUT2D eigenvalue weighted by molar-refractivity contribution is -0.131. The van der Waals surface area contributed by atoms with Gasteiger partial charge in [0.2, 0.25) is 0 Å². The van der Waals surface area contributed by atoms with Gasteiger partial charge in [-0.3, -0.25) is 9.59 Å². The molecule has 0 saturated carbocycles. The number of rotatable bonds is 3. The summed E-state index contributed by atoms with van der Waals surface area (Å²) in [6.07, 6.45) is 0. The standard InChI is InChI=1S/C10H9ClO4/c1-6(12)15-9-5-7(14-2)3-4-8(9)10(11)13/h3-5H,1-2H3. The summed E-state index contributed by atoms with van der Waals surface area (Å²) in [5.41, 5.74) is 0.132. The lowest BCUT2D eigenvalue weighted by Crippen LogP contribution is -2.05. The van der Waals surface area contributed by atoms with Crippen molar-refractivity contribution in [3.8, 4) is 11.5 Å². The molecule has 0 radical (unpaired) electrons. The van der Waals surface area contributed by atoms with Crippen molar-refractivity contribution in [2.75, 3.05) is 7.11 Å². The number of esters is 1. The lowest BCUT2D eigenvalue weighted by atomic mass is 10.2. The van der Waals surface area contributed by atoms with E-state index in [1.54, 1.807) is 6.07 Å². The Hall–Kier alpha value is -1.55. The monoisotopic (exact) mass is 228 g/mol. The van der Waals surface area contributed by atoms with E-state index in [0.717, 1.165) is 0 Å². The molecule has 1 rings (SSSR count). The number of carbonyl (C=O) groups is 2. The third-order valence-electron chi connectivity index (χ3n) is 1.65. The summed E-state index contributed by atoms with van der Waals surface area (Å²) in [6.45, 7) is 1.24. The maximum Gasteiger partial charge on any atom is 0.308 e. The van der Waals surface area contributed by atoms with E-state index in [9.17, 15) is 9.59 Å². The van der Waals surface area contributed by atoms with Crippen LogP contribution >= 0.6 is 11.6 Å². The minimum atomic E-state index is -0.686. The lowest BCUT2D eigenvalue weighted by Gasteiger charge is -2.07. The number of halogens is 1. The summed E-state index contributed by atoms with van der Waals surface area (Å²) < 4.78 is 9.75. The quantitative estimate of drug-likeness (QED) is 0.451. The zero-order valence-corrected chi connectivity index (χ0v) is 9.00. The second-order valence-corrected chi connectivity index (χ2v) is 3.07. The molecule has 15 heavy (non-hydrogen) atoms. The summed E-state index contributed by atoms with van der Waals surface area (Å²) in [5.74, 6) is 0.0530. The first-order valence-electron chi connectivity index (χ1n) is 4.11. The van der Waals surface area contributed by atoms with Crippen LogP contribution < -0.4 is 9.47 Å². The second-order valence-electron chi connectivity index (χ2n) is 2.73. The van der Waals surface area contributed by atoms with Crippen molar-refractivity contribution >= 4 is 22.8 Å². The first kappa shape index (κ1) is 11.5. The first-order chi connectivity index (χ1) is 7.04. The Morgan fingerprint density at radius 3 is 2.47 bits per heavy atom. The smallest absolute Gasteiger partial charge is 0.308 e. The van der Waals surface area contributed by atoms with Crippen molar-refractivity contribution in [1.82, 2.24) is 0 Å². The van der Waals surface area contributed by atoms with E-state index in [4.69, 9.17) is 21.1 Å². The summed E-state index contributed by atoms with van der Waals surface area (Å²) >= 11 is 5.32. The highest BCUT2D eigenvalue weighted by molar-refractivity contribution is 6.68. The molecule has 0 aliphatic rings. The molecule has 0 aliphatic heterocycles. The van der Waals surface area contributed by atoms with E-state index in [0.29, 0.717) is 5.75 Å². The predicted molar refractivity (Wildman–Crippen MR) is 54.5 cm³/mol. The van der Waals surface area contributed by atoms with Gasteiger partial charge in [-0.05, 0) is 23.7 Å². The number of hydrogen-bond donors (Lipinski definition) is 0. The maximum atomic E-state index is 11.0. The van der Waals surface area contributed by atoms with Crippen LogP contribution in [-0.2, 0) is 4.79 Å². The molecule has 0 saturated heterocycles. The van der Waals surface area contributed by atoms with E-state index < -0.39 is 11.2 Å². The highest BCUT2D eigenvalue weighted by Crippen LogP contribution is 2.26. The largest absolute Gasteiger partial charge is 0.497 e. The van der Waals surface area contributed by atoms with Crippen LogP contribution in [0.5, 0.6) is 11.5 Å². The van der Waals surface area contributed by atoms with Gasteiger partial charge in [0.15, 0.2) is 0 Å². The van der Waals surface area contributed by atoms with Crippen molar-refractivity contribution in [3.05, 3.63) is 23.8 Å². The van der Waals surface area contributed by atoms with Crippen LogP contribution in [-0.4, -0.2) is 18.3 Å². The molecular weight excluding hydrogens is 220 g/mol.